The van der Waals surface area contributed by atoms with Crippen molar-refractivity contribution in [3.8, 4) is 16.8 Å². The fourth-order valence-electron chi connectivity index (χ4n) is 3.30. The molecule has 0 spiro atoms. The van der Waals surface area contributed by atoms with Crippen LogP contribution in [0.2, 0.25) is 0 Å². The van der Waals surface area contributed by atoms with Crippen LogP contribution in [-0.4, -0.2) is 45.0 Å². The molecule has 0 fully saturated rings. The molecule has 0 atom stereocenters. The lowest BCUT2D eigenvalue weighted by molar-refractivity contribution is -0.287. The van der Waals surface area contributed by atoms with Gasteiger partial charge >= 0.3 is 18.3 Å². The maximum atomic E-state index is 13.9. The highest BCUT2D eigenvalue weighted by Crippen LogP contribution is 2.38. The predicted molar refractivity (Wildman–Crippen MR) is 103 cm³/mol. The van der Waals surface area contributed by atoms with E-state index in [9.17, 15) is 43.8 Å². The molecule has 0 aliphatic heterocycles. The van der Waals surface area contributed by atoms with Crippen molar-refractivity contribution in [3.05, 3.63) is 52.7 Å². The van der Waals surface area contributed by atoms with Crippen molar-refractivity contribution in [2.24, 2.45) is 0 Å². The maximum Gasteiger partial charge on any atom is 0.455 e. The summed E-state index contributed by atoms with van der Waals surface area (Å²) in [5.41, 5.74) is -4.53. The first-order chi connectivity index (χ1) is 16.1. The summed E-state index contributed by atoms with van der Waals surface area (Å²) < 4.78 is 121. The summed E-state index contributed by atoms with van der Waals surface area (Å²) in [6, 6.07) is 0. The number of rotatable bonds is 5. The largest absolute Gasteiger partial charge is 0.455 e. The van der Waals surface area contributed by atoms with Crippen LogP contribution in [0.1, 0.15) is 11.4 Å². The Morgan fingerprint density at radius 2 is 1.66 bits per heavy atom. The quantitative estimate of drug-likeness (QED) is 0.356. The fraction of sp³-hybridized carbons (Fsp3) is 0.294. The van der Waals surface area contributed by atoms with Crippen LogP contribution in [0.15, 0.2) is 35.8 Å². The van der Waals surface area contributed by atoms with E-state index in [1.807, 2.05) is 0 Å². The summed E-state index contributed by atoms with van der Waals surface area (Å²) in [4.78, 5) is 16.6. The summed E-state index contributed by atoms with van der Waals surface area (Å²) in [6.45, 7) is -0.598. The zero-order chi connectivity index (χ0) is 25.9. The van der Waals surface area contributed by atoms with Gasteiger partial charge in [0.15, 0.2) is 18.0 Å². The van der Waals surface area contributed by atoms with Crippen LogP contribution in [0.5, 0.6) is 0 Å². The molecule has 0 saturated heterocycles. The second-order valence-electron chi connectivity index (χ2n) is 7.21. The Morgan fingerprint density at radius 3 is 2.23 bits per heavy atom. The molecule has 18 heteroatoms. The van der Waals surface area contributed by atoms with Crippen LogP contribution in [-0.2, 0) is 12.7 Å². The molecule has 0 aromatic carbocycles. The molecular weight excluding hydrogens is 521 g/mol. The van der Waals surface area contributed by atoms with Crippen molar-refractivity contribution in [1.82, 2.24) is 32.9 Å². The molecule has 0 bridgehead atoms. The van der Waals surface area contributed by atoms with E-state index >= 15 is 0 Å². The highest BCUT2D eigenvalue weighted by molar-refractivity contribution is 7.92. The zero-order valence-electron chi connectivity index (χ0n) is 16.9. The van der Waals surface area contributed by atoms with Crippen LogP contribution in [0.25, 0.3) is 22.6 Å². The third-order valence-corrected chi connectivity index (χ3v) is 5.15. The molecule has 0 radical (unpaired) electrons. The molecule has 4 aromatic heterocycles. The molecule has 0 N–H and O–H groups in total. The normalized spacial score (nSPS) is 13.2. The molecule has 4 aromatic rings. The van der Waals surface area contributed by atoms with Gasteiger partial charge in [-0.2, -0.15) is 49.4 Å². The Bertz CT molecular complexity index is 1460. The summed E-state index contributed by atoms with van der Waals surface area (Å²) in [6.07, 6.45) is -6.79. The lowest BCUT2D eigenvalue weighted by atomic mass is 10.1. The van der Waals surface area contributed by atoms with Gasteiger partial charge in [0.05, 0.1) is 29.8 Å². The van der Waals surface area contributed by atoms with Crippen LogP contribution >= 0.6 is 12.3 Å². The average molecular weight is 531 g/mol. The minimum absolute atomic E-state index is 0.0742. The molecule has 0 saturated carbocycles. The second-order valence-corrected chi connectivity index (χ2v) is 7.73. The van der Waals surface area contributed by atoms with Crippen molar-refractivity contribution in [2.45, 2.75) is 31.7 Å². The molecule has 0 aliphatic carbocycles. The number of hydrogen-bond donors (Lipinski definition) is 0. The van der Waals surface area contributed by atoms with Crippen LogP contribution in [0, 0.1) is 6.92 Å². The molecule has 0 unspecified atom stereocenters. The molecule has 35 heavy (non-hydrogen) atoms. The van der Waals surface area contributed by atoms with E-state index < -0.39 is 53.0 Å². The number of imidazole rings is 1. The van der Waals surface area contributed by atoms with E-state index in [4.69, 9.17) is 0 Å². The Morgan fingerprint density at radius 1 is 0.971 bits per heavy atom. The number of aromatic nitrogens is 7. The monoisotopic (exact) mass is 531 g/mol. The van der Waals surface area contributed by atoms with Crippen molar-refractivity contribution in [3.63, 3.8) is 0 Å². The Kier molecular flexibility index (Phi) is 5.68. The van der Waals surface area contributed by atoms with Crippen LogP contribution in [0.3, 0.4) is 0 Å². The number of fused-ring (bicyclic) bond motifs is 1. The van der Waals surface area contributed by atoms with Crippen LogP contribution in [0.4, 0.5) is 39.0 Å². The highest BCUT2D eigenvalue weighted by atomic mass is 32.2. The molecule has 0 aliphatic rings. The van der Waals surface area contributed by atoms with Gasteiger partial charge in [-0.3, -0.25) is 18.4 Å². The van der Waals surface area contributed by atoms with Gasteiger partial charge in [0.25, 0.3) is 5.56 Å². The van der Waals surface area contributed by atoms with Crippen molar-refractivity contribution in [2.75, 3.05) is 0 Å². The van der Waals surface area contributed by atoms with E-state index in [1.54, 1.807) is 0 Å². The lowest BCUT2D eigenvalue weighted by Gasteiger charge is -2.19. The van der Waals surface area contributed by atoms with Gasteiger partial charge in [-0.05, 0) is 6.92 Å². The van der Waals surface area contributed by atoms with Crippen molar-refractivity contribution < 1.29 is 39.0 Å². The number of alkyl halides is 8. The van der Waals surface area contributed by atoms with Crippen molar-refractivity contribution in [1.29, 1.82) is 0 Å². The van der Waals surface area contributed by atoms with E-state index in [0.29, 0.717) is 12.4 Å². The molecule has 4 rings (SSSR count). The van der Waals surface area contributed by atoms with Gasteiger partial charge in [-0.1, -0.05) is 0 Å². The molecule has 188 valence electrons. The van der Waals surface area contributed by atoms with Gasteiger partial charge in [0.2, 0.25) is 5.78 Å². The number of hydrogen-bond acceptors (Lipinski definition) is 5. The zero-order valence-corrected chi connectivity index (χ0v) is 17.8. The van der Waals surface area contributed by atoms with Gasteiger partial charge in [-0.25, -0.2) is 4.98 Å². The predicted octanol–water partition coefficient (Wildman–Crippen LogP) is 4.45. The van der Waals surface area contributed by atoms with Crippen LogP contribution < -0.4 is 5.56 Å². The standard InChI is InChI=1S/C17H10F9N7OS/c1-8-4-31-13(34)11(9-2-27-30(5-9)7-15(18,19)17(23,24)25)12(16(20,21)22)29-14(31)33(8)10-3-28-32(6-10)35-26/h2-6H,7H2,1H3. The first kappa shape index (κ1) is 24.7. The lowest BCUT2D eigenvalue weighted by Crippen LogP contribution is -2.40. The number of nitrogens with zero attached hydrogens (tertiary/aromatic N) is 7. The molecule has 0 amide bonds. The minimum atomic E-state index is -5.93. The Balaban J connectivity index is 1.91. The first-order valence-corrected chi connectivity index (χ1v) is 9.85. The van der Waals surface area contributed by atoms with Gasteiger partial charge in [-0.15, -0.1) is 3.89 Å². The summed E-state index contributed by atoms with van der Waals surface area (Å²) in [5, 5.41) is 6.90. The number of halogens is 9. The third-order valence-electron chi connectivity index (χ3n) is 4.81. The molecule has 8 nitrogen and oxygen atoms in total. The van der Waals surface area contributed by atoms with E-state index in [0.717, 1.165) is 31.6 Å². The second kappa shape index (κ2) is 8.06. The average Bonchev–Trinajstić information content (AvgIpc) is 3.44. The van der Waals surface area contributed by atoms with E-state index in [-0.39, 0.29) is 28.4 Å². The van der Waals surface area contributed by atoms with Gasteiger partial charge in [0.1, 0.15) is 6.54 Å². The van der Waals surface area contributed by atoms with Gasteiger partial charge in [0, 0.05) is 23.7 Å². The Labute approximate surface area is 192 Å². The topological polar surface area (TPSA) is 74.9 Å². The minimum Gasteiger partial charge on any atom is -0.280 e. The fourth-order valence-corrected chi connectivity index (χ4v) is 3.54. The van der Waals surface area contributed by atoms with Gasteiger partial charge < -0.3 is 0 Å². The van der Waals surface area contributed by atoms with E-state index in [2.05, 4.69) is 15.2 Å². The van der Waals surface area contributed by atoms with Crippen molar-refractivity contribution >= 4 is 18.1 Å². The maximum absolute atomic E-state index is 13.9. The summed E-state index contributed by atoms with van der Waals surface area (Å²) in [5.74, 6) is -5.75. The summed E-state index contributed by atoms with van der Waals surface area (Å²) in [7, 11) is 0. The molecule has 4 heterocycles. The first-order valence-electron chi connectivity index (χ1n) is 9.17. The molecular formula is C17H10F9N7OS. The third kappa shape index (κ3) is 4.25. The summed E-state index contributed by atoms with van der Waals surface area (Å²) >= 11 is -0.294. The number of aryl methyl sites for hydroxylation is 1. The highest BCUT2D eigenvalue weighted by Gasteiger charge is 2.57. The van der Waals surface area contributed by atoms with E-state index in [1.165, 1.54) is 6.92 Å². The Hall–Kier alpha value is -3.44. The smallest absolute Gasteiger partial charge is 0.280 e. The SMILES string of the molecule is Cc1cn2c(=O)c(-c3cnn(CC(F)(F)C(F)(F)F)c3)c(C(F)(F)F)nc2n1-c1cnn(SF)c1.